The lowest BCUT2D eigenvalue weighted by molar-refractivity contribution is -0.146. The summed E-state index contributed by atoms with van der Waals surface area (Å²) in [7, 11) is 0. The van der Waals surface area contributed by atoms with Gasteiger partial charge in [0.2, 0.25) is 0 Å². The Morgan fingerprint density at radius 2 is 2.06 bits per heavy atom. The summed E-state index contributed by atoms with van der Waals surface area (Å²) < 4.78 is 0. The molecule has 0 amide bonds. The van der Waals surface area contributed by atoms with Crippen LogP contribution < -0.4 is 0 Å². The Hall–Kier alpha value is -1.68. The van der Waals surface area contributed by atoms with Crippen molar-refractivity contribution < 1.29 is 14.7 Å². The van der Waals surface area contributed by atoms with E-state index >= 15 is 0 Å². The normalized spacial score (nSPS) is 21.4. The molecule has 1 aliphatic rings. The molecular weight excluding hydrogens is 218 g/mol. The number of hydrogen-bond donors (Lipinski definition) is 1. The van der Waals surface area contributed by atoms with E-state index in [-0.39, 0.29) is 12.3 Å². The summed E-state index contributed by atoms with van der Waals surface area (Å²) in [6.07, 6.45) is 0.795. The summed E-state index contributed by atoms with van der Waals surface area (Å²) in [4.78, 5) is 24.2. The van der Waals surface area contributed by atoms with Crippen LogP contribution >= 0.6 is 0 Å². The SMILES string of the molecule is O=C1CC[C@H](C(=O)O)N(Cc2ccccc2)C1. The molecule has 1 heterocycles. The van der Waals surface area contributed by atoms with E-state index in [9.17, 15) is 9.59 Å². The van der Waals surface area contributed by atoms with Crippen LogP contribution in [0.2, 0.25) is 0 Å². The molecule has 0 spiro atoms. The van der Waals surface area contributed by atoms with Crippen molar-refractivity contribution in [3.8, 4) is 0 Å². The van der Waals surface area contributed by atoms with Gasteiger partial charge < -0.3 is 5.11 Å². The molecule has 1 atom stereocenters. The van der Waals surface area contributed by atoms with Gasteiger partial charge in [0.1, 0.15) is 11.8 Å². The van der Waals surface area contributed by atoms with E-state index < -0.39 is 12.0 Å². The molecule has 0 aliphatic carbocycles. The first-order chi connectivity index (χ1) is 8.16. The number of aliphatic carboxylic acids is 1. The van der Waals surface area contributed by atoms with Crippen LogP contribution in [0.1, 0.15) is 18.4 Å². The summed E-state index contributed by atoms with van der Waals surface area (Å²) in [6.45, 7) is 0.759. The van der Waals surface area contributed by atoms with E-state index in [1.807, 2.05) is 30.3 Å². The van der Waals surface area contributed by atoms with Crippen molar-refractivity contribution in [2.75, 3.05) is 6.54 Å². The van der Waals surface area contributed by atoms with E-state index in [2.05, 4.69) is 0 Å². The maximum Gasteiger partial charge on any atom is 0.320 e. The number of ketones is 1. The van der Waals surface area contributed by atoms with Crippen molar-refractivity contribution in [1.29, 1.82) is 0 Å². The predicted octanol–water partition coefficient (Wildman–Crippen LogP) is 1.30. The Bertz CT molecular complexity index is 416. The standard InChI is InChI=1S/C13H15NO3/c15-11-6-7-12(13(16)17)14(9-11)8-10-4-2-1-3-5-10/h1-5,12H,6-9H2,(H,16,17)/t12-/m1/s1. The molecular formula is C13H15NO3. The second-order valence-electron chi connectivity index (χ2n) is 4.32. The molecule has 1 fully saturated rings. The zero-order chi connectivity index (χ0) is 12.3. The summed E-state index contributed by atoms with van der Waals surface area (Å²) >= 11 is 0. The highest BCUT2D eigenvalue weighted by Gasteiger charge is 2.31. The first kappa shape index (κ1) is 11.8. The Balaban J connectivity index is 2.10. The number of rotatable bonds is 3. The lowest BCUT2D eigenvalue weighted by Gasteiger charge is -2.31. The molecule has 1 aromatic carbocycles. The minimum Gasteiger partial charge on any atom is -0.480 e. The summed E-state index contributed by atoms with van der Waals surface area (Å²) in [6, 6.07) is 9.09. The van der Waals surface area contributed by atoms with Gasteiger partial charge in [-0.25, -0.2) is 0 Å². The Morgan fingerprint density at radius 1 is 1.35 bits per heavy atom. The first-order valence-corrected chi connectivity index (χ1v) is 5.69. The maximum atomic E-state index is 11.4. The lowest BCUT2D eigenvalue weighted by Crippen LogP contribution is -2.47. The quantitative estimate of drug-likeness (QED) is 0.855. The Labute approximate surface area is 99.9 Å². The molecule has 0 bridgehead atoms. The molecule has 1 saturated heterocycles. The molecule has 0 aromatic heterocycles. The van der Waals surface area contributed by atoms with Crippen LogP contribution in [-0.4, -0.2) is 34.3 Å². The summed E-state index contributed by atoms with van der Waals surface area (Å²) in [5.74, 6) is -0.716. The topological polar surface area (TPSA) is 57.6 Å². The smallest absolute Gasteiger partial charge is 0.320 e. The number of hydrogen-bond acceptors (Lipinski definition) is 3. The zero-order valence-corrected chi connectivity index (χ0v) is 9.50. The van der Waals surface area contributed by atoms with E-state index in [1.54, 1.807) is 4.90 Å². The van der Waals surface area contributed by atoms with E-state index in [0.717, 1.165) is 5.56 Å². The van der Waals surface area contributed by atoms with Crippen LogP contribution in [0.15, 0.2) is 30.3 Å². The highest BCUT2D eigenvalue weighted by Crippen LogP contribution is 2.18. The first-order valence-electron chi connectivity index (χ1n) is 5.69. The third kappa shape index (κ3) is 2.91. The number of benzene rings is 1. The third-order valence-corrected chi connectivity index (χ3v) is 3.03. The van der Waals surface area contributed by atoms with Crippen molar-refractivity contribution in [2.45, 2.75) is 25.4 Å². The zero-order valence-electron chi connectivity index (χ0n) is 9.50. The van der Waals surface area contributed by atoms with Crippen LogP contribution in [0, 0.1) is 0 Å². The fourth-order valence-corrected chi connectivity index (χ4v) is 2.16. The van der Waals surface area contributed by atoms with Gasteiger partial charge >= 0.3 is 5.97 Å². The van der Waals surface area contributed by atoms with Gasteiger partial charge in [-0.3, -0.25) is 14.5 Å². The number of Topliss-reactive ketones (excluding diaryl/α,β-unsaturated/α-hetero) is 1. The molecule has 0 radical (unpaired) electrons. The van der Waals surface area contributed by atoms with E-state index in [1.165, 1.54) is 0 Å². The van der Waals surface area contributed by atoms with Crippen molar-refractivity contribution in [2.24, 2.45) is 0 Å². The minimum absolute atomic E-state index is 0.124. The van der Waals surface area contributed by atoms with E-state index in [4.69, 9.17) is 5.11 Å². The number of carboxylic acids is 1. The number of nitrogens with zero attached hydrogens (tertiary/aromatic N) is 1. The number of likely N-dealkylation sites (tertiary alicyclic amines) is 1. The van der Waals surface area contributed by atoms with Crippen LogP contribution in [0.4, 0.5) is 0 Å². The van der Waals surface area contributed by atoms with Crippen LogP contribution in [-0.2, 0) is 16.1 Å². The van der Waals surface area contributed by atoms with Gasteiger partial charge in [-0.1, -0.05) is 30.3 Å². The molecule has 17 heavy (non-hydrogen) atoms. The predicted molar refractivity (Wildman–Crippen MR) is 62.5 cm³/mol. The molecule has 1 N–H and O–H groups in total. The fraction of sp³-hybridized carbons (Fsp3) is 0.385. The van der Waals surface area contributed by atoms with Crippen molar-refractivity contribution in [3.63, 3.8) is 0 Å². The second-order valence-corrected chi connectivity index (χ2v) is 4.32. The summed E-state index contributed by atoms with van der Waals surface area (Å²) in [5, 5.41) is 9.12. The summed E-state index contributed by atoms with van der Waals surface area (Å²) in [5.41, 5.74) is 1.04. The average molecular weight is 233 g/mol. The van der Waals surface area contributed by atoms with Crippen LogP contribution in [0.25, 0.3) is 0 Å². The van der Waals surface area contributed by atoms with Crippen molar-refractivity contribution >= 4 is 11.8 Å². The third-order valence-electron chi connectivity index (χ3n) is 3.03. The molecule has 0 unspecified atom stereocenters. The lowest BCUT2D eigenvalue weighted by atomic mass is 10.0. The fourth-order valence-electron chi connectivity index (χ4n) is 2.16. The Morgan fingerprint density at radius 3 is 2.71 bits per heavy atom. The molecule has 0 saturated carbocycles. The van der Waals surface area contributed by atoms with Gasteiger partial charge in [-0.15, -0.1) is 0 Å². The molecule has 4 heteroatoms. The average Bonchev–Trinajstić information content (AvgIpc) is 2.30. The van der Waals surface area contributed by atoms with Crippen LogP contribution in [0.3, 0.4) is 0 Å². The van der Waals surface area contributed by atoms with Gasteiger partial charge in [0.15, 0.2) is 0 Å². The maximum absolute atomic E-state index is 11.4. The highest BCUT2D eigenvalue weighted by molar-refractivity contribution is 5.84. The van der Waals surface area contributed by atoms with Gasteiger partial charge in [-0.05, 0) is 12.0 Å². The molecule has 1 aliphatic heterocycles. The number of carboxylic acid groups (broad SMARTS) is 1. The van der Waals surface area contributed by atoms with Crippen molar-refractivity contribution in [3.05, 3.63) is 35.9 Å². The Kier molecular flexibility index (Phi) is 3.54. The number of carbonyl (C=O) groups excluding carboxylic acids is 1. The molecule has 4 nitrogen and oxygen atoms in total. The monoisotopic (exact) mass is 233 g/mol. The van der Waals surface area contributed by atoms with Gasteiger partial charge in [0, 0.05) is 13.0 Å². The number of carbonyl (C=O) groups is 2. The second kappa shape index (κ2) is 5.10. The van der Waals surface area contributed by atoms with Gasteiger partial charge in [0.05, 0.1) is 6.54 Å². The minimum atomic E-state index is -0.839. The van der Waals surface area contributed by atoms with Gasteiger partial charge in [-0.2, -0.15) is 0 Å². The number of piperidine rings is 1. The largest absolute Gasteiger partial charge is 0.480 e. The van der Waals surface area contributed by atoms with E-state index in [0.29, 0.717) is 19.4 Å². The molecule has 2 rings (SSSR count). The molecule has 90 valence electrons. The van der Waals surface area contributed by atoms with Crippen molar-refractivity contribution in [1.82, 2.24) is 4.90 Å². The molecule has 1 aromatic rings. The van der Waals surface area contributed by atoms with Gasteiger partial charge in [0.25, 0.3) is 0 Å². The highest BCUT2D eigenvalue weighted by atomic mass is 16.4. The van der Waals surface area contributed by atoms with Crippen LogP contribution in [0.5, 0.6) is 0 Å².